The summed E-state index contributed by atoms with van der Waals surface area (Å²) in [5.41, 5.74) is 3.88. The predicted molar refractivity (Wildman–Crippen MR) is 88.0 cm³/mol. The highest BCUT2D eigenvalue weighted by molar-refractivity contribution is 8.06. The number of rotatable bonds is 4. The van der Waals surface area contributed by atoms with Crippen molar-refractivity contribution in [1.29, 1.82) is 0 Å². The summed E-state index contributed by atoms with van der Waals surface area (Å²) in [6.07, 6.45) is 1.03. The lowest BCUT2D eigenvalue weighted by Gasteiger charge is -2.23. The number of nitrogens with zero attached hydrogens (tertiary/aromatic N) is 1. The van der Waals surface area contributed by atoms with Crippen molar-refractivity contribution >= 4 is 17.5 Å². The van der Waals surface area contributed by atoms with Gasteiger partial charge in [0.15, 0.2) is 0 Å². The summed E-state index contributed by atoms with van der Waals surface area (Å²) >= 11 is 1.71. The minimum Gasteiger partial charge on any atom is -0.335 e. The number of hydrogen-bond acceptors (Lipinski definition) is 2. The minimum absolute atomic E-state index is 0.969. The molecule has 0 atom stereocenters. The summed E-state index contributed by atoms with van der Waals surface area (Å²) in [5.74, 6) is 0. The second-order valence-corrected chi connectivity index (χ2v) is 5.71. The third-order valence-electron chi connectivity index (χ3n) is 3.43. The third kappa shape index (κ3) is 2.81. The smallest absolute Gasteiger partial charge is 0.0722 e. The highest BCUT2D eigenvalue weighted by Crippen LogP contribution is 2.38. The predicted octanol–water partition coefficient (Wildman–Crippen LogP) is 4.75. The molecule has 0 aliphatic carbocycles. The molecule has 1 aliphatic heterocycles. The first-order valence-electron chi connectivity index (χ1n) is 6.77. The SMILES string of the molecule is C=C1SC=C(c2ccccc2)N1CCc1ccccc1. The van der Waals surface area contributed by atoms with E-state index in [4.69, 9.17) is 0 Å². The summed E-state index contributed by atoms with van der Waals surface area (Å²) in [5, 5.41) is 3.31. The van der Waals surface area contributed by atoms with Crippen LogP contribution in [-0.4, -0.2) is 11.4 Å². The van der Waals surface area contributed by atoms with Gasteiger partial charge in [-0.2, -0.15) is 0 Å². The van der Waals surface area contributed by atoms with Gasteiger partial charge in [-0.15, -0.1) is 0 Å². The zero-order valence-corrected chi connectivity index (χ0v) is 12.1. The standard InChI is InChI=1S/C18H17NS/c1-15-19(13-12-16-8-4-2-5-9-16)18(14-20-15)17-10-6-3-7-11-17/h2-11,14H,1,12-13H2. The molecule has 100 valence electrons. The van der Waals surface area contributed by atoms with Crippen LogP contribution in [0.3, 0.4) is 0 Å². The van der Waals surface area contributed by atoms with Crippen molar-refractivity contribution in [2.24, 2.45) is 0 Å². The first-order valence-corrected chi connectivity index (χ1v) is 7.65. The molecule has 0 fully saturated rings. The molecule has 1 nitrogen and oxygen atoms in total. The Morgan fingerprint density at radius 2 is 1.55 bits per heavy atom. The average molecular weight is 279 g/mol. The van der Waals surface area contributed by atoms with Crippen molar-refractivity contribution in [2.75, 3.05) is 6.54 Å². The van der Waals surface area contributed by atoms with Crippen LogP contribution in [0.5, 0.6) is 0 Å². The Kier molecular flexibility index (Phi) is 3.93. The second-order valence-electron chi connectivity index (χ2n) is 4.77. The fourth-order valence-electron chi connectivity index (χ4n) is 2.35. The molecular formula is C18H17NS. The van der Waals surface area contributed by atoms with Gasteiger partial charge in [-0.1, -0.05) is 79.0 Å². The van der Waals surface area contributed by atoms with E-state index in [0.717, 1.165) is 18.0 Å². The minimum atomic E-state index is 0.969. The van der Waals surface area contributed by atoms with E-state index in [0.29, 0.717) is 0 Å². The van der Waals surface area contributed by atoms with Crippen molar-refractivity contribution in [3.8, 4) is 0 Å². The fraction of sp³-hybridized carbons (Fsp3) is 0.111. The Morgan fingerprint density at radius 3 is 2.25 bits per heavy atom. The van der Waals surface area contributed by atoms with Gasteiger partial charge in [0, 0.05) is 12.0 Å². The monoisotopic (exact) mass is 279 g/mol. The zero-order valence-electron chi connectivity index (χ0n) is 11.3. The maximum absolute atomic E-state index is 4.16. The summed E-state index contributed by atoms with van der Waals surface area (Å²) in [6.45, 7) is 5.13. The Bertz CT molecular complexity index is 616. The first kappa shape index (κ1) is 13.1. The van der Waals surface area contributed by atoms with Gasteiger partial charge in [-0.25, -0.2) is 0 Å². The van der Waals surface area contributed by atoms with Gasteiger partial charge in [0.05, 0.1) is 10.7 Å². The van der Waals surface area contributed by atoms with Gasteiger partial charge in [-0.3, -0.25) is 0 Å². The van der Waals surface area contributed by atoms with E-state index < -0.39 is 0 Å². The molecule has 0 unspecified atom stereocenters. The Hall–Kier alpha value is -1.93. The molecule has 2 aromatic carbocycles. The first-order chi connectivity index (χ1) is 9.84. The van der Waals surface area contributed by atoms with Crippen LogP contribution in [0.4, 0.5) is 0 Å². The molecule has 0 amide bonds. The molecule has 0 spiro atoms. The number of hydrogen-bond donors (Lipinski definition) is 0. The van der Waals surface area contributed by atoms with Crippen LogP contribution in [0.2, 0.25) is 0 Å². The van der Waals surface area contributed by atoms with Crippen LogP contribution in [0, 0.1) is 0 Å². The summed E-state index contributed by atoms with van der Waals surface area (Å²) in [7, 11) is 0. The molecule has 0 saturated heterocycles. The van der Waals surface area contributed by atoms with Crippen LogP contribution >= 0.6 is 11.8 Å². The lowest BCUT2D eigenvalue weighted by Crippen LogP contribution is -2.19. The Balaban J connectivity index is 1.74. The Morgan fingerprint density at radius 1 is 0.900 bits per heavy atom. The van der Waals surface area contributed by atoms with E-state index in [9.17, 15) is 0 Å². The molecule has 0 N–H and O–H groups in total. The van der Waals surface area contributed by atoms with E-state index >= 15 is 0 Å². The second kappa shape index (κ2) is 6.02. The summed E-state index contributed by atoms with van der Waals surface area (Å²) in [4.78, 5) is 2.31. The fourth-order valence-corrected chi connectivity index (χ4v) is 3.18. The summed E-state index contributed by atoms with van der Waals surface area (Å²) in [6, 6.07) is 21.1. The molecule has 1 heterocycles. The quantitative estimate of drug-likeness (QED) is 0.794. The summed E-state index contributed by atoms with van der Waals surface area (Å²) < 4.78 is 0. The molecule has 2 heteroatoms. The van der Waals surface area contributed by atoms with Gasteiger partial charge in [0.25, 0.3) is 0 Å². The number of benzene rings is 2. The van der Waals surface area contributed by atoms with Crippen molar-refractivity contribution in [3.05, 3.63) is 88.8 Å². The normalized spacial score (nSPS) is 14.5. The van der Waals surface area contributed by atoms with E-state index in [-0.39, 0.29) is 0 Å². The van der Waals surface area contributed by atoms with Crippen molar-refractivity contribution < 1.29 is 0 Å². The van der Waals surface area contributed by atoms with Gasteiger partial charge in [0.2, 0.25) is 0 Å². The molecule has 0 bridgehead atoms. The van der Waals surface area contributed by atoms with Crippen molar-refractivity contribution in [2.45, 2.75) is 6.42 Å². The molecule has 3 rings (SSSR count). The van der Waals surface area contributed by atoms with Crippen LogP contribution in [-0.2, 0) is 6.42 Å². The van der Waals surface area contributed by atoms with Crippen molar-refractivity contribution in [3.63, 3.8) is 0 Å². The topological polar surface area (TPSA) is 3.24 Å². The third-order valence-corrected chi connectivity index (χ3v) is 4.27. The maximum Gasteiger partial charge on any atom is 0.0722 e. The van der Waals surface area contributed by atoms with Crippen LogP contribution in [0.25, 0.3) is 5.70 Å². The molecule has 0 aromatic heterocycles. The molecule has 0 radical (unpaired) electrons. The van der Waals surface area contributed by atoms with Crippen LogP contribution in [0.15, 0.2) is 77.7 Å². The van der Waals surface area contributed by atoms with E-state index in [1.54, 1.807) is 11.8 Å². The molecule has 0 saturated carbocycles. The highest BCUT2D eigenvalue weighted by Gasteiger charge is 2.20. The van der Waals surface area contributed by atoms with E-state index in [1.165, 1.54) is 16.8 Å². The lowest BCUT2D eigenvalue weighted by molar-refractivity contribution is 0.528. The van der Waals surface area contributed by atoms with Crippen LogP contribution < -0.4 is 0 Å². The average Bonchev–Trinajstić information content (AvgIpc) is 2.88. The lowest BCUT2D eigenvalue weighted by atomic mass is 10.1. The zero-order chi connectivity index (χ0) is 13.8. The molecule has 20 heavy (non-hydrogen) atoms. The molecule has 2 aromatic rings. The molecular weight excluding hydrogens is 262 g/mol. The van der Waals surface area contributed by atoms with Gasteiger partial charge >= 0.3 is 0 Å². The highest BCUT2D eigenvalue weighted by atomic mass is 32.2. The molecule has 1 aliphatic rings. The van der Waals surface area contributed by atoms with Crippen molar-refractivity contribution in [1.82, 2.24) is 4.90 Å². The van der Waals surface area contributed by atoms with Crippen LogP contribution in [0.1, 0.15) is 11.1 Å². The van der Waals surface area contributed by atoms with Gasteiger partial charge < -0.3 is 4.90 Å². The van der Waals surface area contributed by atoms with Gasteiger partial charge in [0.1, 0.15) is 0 Å². The van der Waals surface area contributed by atoms with E-state index in [1.807, 2.05) is 0 Å². The number of thioether (sulfide) groups is 1. The largest absolute Gasteiger partial charge is 0.335 e. The van der Waals surface area contributed by atoms with E-state index in [2.05, 4.69) is 77.6 Å². The Labute approximate surface area is 124 Å². The van der Waals surface area contributed by atoms with Gasteiger partial charge in [-0.05, 0) is 17.5 Å². The maximum atomic E-state index is 4.16.